The molecule has 0 aliphatic carbocycles. The molecule has 1 saturated heterocycles. The van der Waals surface area contributed by atoms with Crippen LogP contribution in [-0.2, 0) is 11.0 Å². The number of benzene rings is 1. The SMILES string of the molecule is COc1ccc2c(N3CCN(C(C)=O)CC3)nc(C(F)(F)F)nc2c1. The molecule has 0 spiro atoms. The number of fused-ring (bicyclic) bond motifs is 1. The zero-order chi connectivity index (χ0) is 18.2. The van der Waals surface area contributed by atoms with Crippen molar-refractivity contribution in [2.75, 3.05) is 38.2 Å². The molecule has 2 aromatic rings. The van der Waals surface area contributed by atoms with Crippen LogP contribution in [0.25, 0.3) is 10.9 Å². The van der Waals surface area contributed by atoms with E-state index in [4.69, 9.17) is 4.74 Å². The molecule has 2 heterocycles. The van der Waals surface area contributed by atoms with Gasteiger partial charge in [0.2, 0.25) is 11.7 Å². The number of carbonyl (C=O) groups is 1. The summed E-state index contributed by atoms with van der Waals surface area (Å²) in [6, 6.07) is 4.77. The van der Waals surface area contributed by atoms with Gasteiger partial charge in [-0.2, -0.15) is 13.2 Å². The third-order valence-corrected chi connectivity index (χ3v) is 4.16. The van der Waals surface area contributed by atoms with Crippen molar-refractivity contribution in [3.63, 3.8) is 0 Å². The average molecular weight is 354 g/mol. The van der Waals surface area contributed by atoms with Crippen LogP contribution < -0.4 is 9.64 Å². The van der Waals surface area contributed by atoms with Gasteiger partial charge < -0.3 is 14.5 Å². The first-order valence-electron chi connectivity index (χ1n) is 7.73. The maximum Gasteiger partial charge on any atom is 0.451 e. The van der Waals surface area contributed by atoms with Gasteiger partial charge in [-0.25, -0.2) is 9.97 Å². The molecule has 1 aliphatic rings. The summed E-state index contributed by atoms with van der Waals surface area (Å²) in [6.07, 6.45) is -4.65. The molecule has 1 aliphatic heterocycles. The molecular weight excluding hydrogens is 337 g/mol. The summed E-state index contributed by atoms with van der Waals surface area (Å²) in [4.78, 5) is 22.3. The van der Waals surface area contributed by atoms with Gasteiger partial charge in [0, 0.05) is 44.6 Å². The Morgan fingerprint density at radius 2 is 1.84 bits per heavy atom. The fraction of sp³-hybridized carbons (Fsp3) is 0.438. The predicted octanol–water partition coefficient (Wildman–Crippen LogP) is 2.33. The Balaban J connectivity index is 2.05. The van der Waals surface area contributed by atoms with E-state index < -0.39 is 12.0 Å². The summed E-state index contributed by atoms with van der Waals surface area (Å²) in [5, 5.41) is 0.519. The number of nitrogens with zero attached hydrogens (tertiary/aromatic N) is 4. The minimum atomic E-state index is -4.65. The number of hydrogen-bond acceptors (Lipinski definition) is 5. The second-order valence-corrected chi connectivity index (χ2v) is 5.74. The first-order valence-corrected chi connectivity index (χ1v) is 7.73. The van der Waals surface area contributed by atoms with E-state index in [1.54, 1.807) is 21.9 Å². The zero-order valence-electron chi connectivity index (χ0n) is 13.8. The molecule has 25 heavy (non-hydrogen) atoms. The van der Waals surface area contributed by atoms with Crippen LogP contribution in [0.5, 0.6) is 5.75 Å². The molecule has 1 fully saturated rings. The predicted molar refractivity (Wildman–Crippen MR) is 85.6 cm³/mol. The van der Waals surface area contributed by atoms with E-state index in [1.807, 2.05) is 0 Å². The van der Waals surface area contributed by atoms with Gasteiger partial charge in [0.25, 0.3) is 0 Å². The summed E-state index contributed by atoms with van der Waals surface area (Å²) < 4.78 is 44.6. The third kappa shape index (κ3) is 3.45. The van der Waals surface area contributed by atoms with Crippen molar-refractivity contribution in [2.45, 2.75) is 13.1 Å². The Hall–Kier alpha value is -2.58. The van der Waals surface area contributed by atoms with Crippen LogP contribution >= 0.6 is 0 Å². The van der Waals surface area contributed by atoms with E-state index in [2.05, 4.69) is 9.97 Å². The second kappa shape index (κ2) is 6.38. The number of piperazine rings is 1. The minimum absolute atomic E-state index is 0.0482. The molecule has 0 unspecified atom stereocenters. The highest BCUT2D eigenvalue weighted by molar-refractivity contribution is 5.90. The molecule has 6 nitrogen and oxygen atoms in total. The van der Waals surface area contributed by atoms with Crippen LogP contribution in [0.4, 0.5) is 19.0 Å². The lowest BCUT2D eigenvalue weighted by atomic mass is 10.2. The highest BCUT2D eigenvalue weighted by atomic mass is 19.4. The number of hydrogen-bond donors (Lipinski definition) is 0. The monoisotopic (exact) mass is 354 g/mol. The Labute approximate surface area is 142 Å². The van der Waals surface area contributed by atoms with Gasteiger partial charge >= 0.3 is 6.18 Å². The van der Waals surface area contributed by atoms with E-state index >= 15 is 0 Å². The maximum atomic E-state index is 13.2. The van der Waals surface area contributed by atoms with Crippen molar-refractivity contribution in [2.24, 2.45) is 0 Å². The van der Waals surface area contributed by atoms with Gasteiger partial charge in [0.05, 0.1) is 12.6 Å². The molecule has 0 saturated carbocycles. The minimum Gasteiger partial charge on any atom is -0.497 e. The number of carbonyl (C=O) groups excluding carboxylic acids is 1. The zero-order valence-corrected chi connectivity index (χ0v) is 13.8. The molecule has 134 valence electrons. The van der Waals surface area contributed by atoms with Crippen molar-refractivity contribution >= 4 is 22.6 Å². The number of ether oxygens (including phenoxy) is 1. The summed E-state index contributed by atoms with van der Waals surface area (Å²) in [5.74, 6) is -0.583. The first kappa shape index (κ1) is 17.2. The van der Waals surface area contributed by atoms with Crippen molar-refractivity contribution in [1.82, 2.24) is 14.9 Å². The average Bonchev–Trinajstić information content (AvgIpc) is 2.59. The summed E-state index contributed by atoms with van der Waals surface area (Å²) in [7, 11) is 1.44. The second-order valence-electron chi connectivity index (χ2n) is 5.74. The number of alkyl halides is 3. The van der Waals surface area contributed by atoms with E-state index in [-0.39, 0.29) is 17.2 Å². The number of amides is 1. The molecule has 1 aromatic heterocycles. The lowest BCUT2D eigenvalue weighted by Gasteiger charge is -2.35. The van der Waals surface area contributed by atoms with Crippen molar-refractivity contribution in [3.05, 3.63) is 24.0 Å². The standard InChI is InChI=1S/C16H17F3N4O2/c1-10(24)22-5-7-23(8-6-22)14-12-4-3-11(25-2)9-13(12)20-15(21-14)16(17,18)19/h3-4,9H,5-8H2,1-2H3. The summed E-state index contributed by atoms with van der Waals surface area (Å²) in [5.41, 5.74) is 0.172. The molecule has 1 amide bonds. The van der Waals surface area contributed by atoms with Crippen molar-refractivity contribution < 1.29 is 22.7 Å². The molecule has 9 heteroatoms. The largest absolute Gasteiger partial charge is 0.497 e. The number of rotatable bonds is 2. The molecule has 1 aromatic carbocycles. The quantitative estimate of drug-likeness (QED) is 0.828. The lowest BCUT2D eigenvalue weighted by molar-refractivity contribution is -0.144. The number of aromatic nitrogens is 2. The lowest BCUT2D eigenvalue weighted by Crippen LogP contribution is -2.48. The van der Waals surface area contributed by atoms with E-state index in [9.17, 15) is 18.0 Å². The molecule has 0 atom stereocenters. The number of halogens is 3. The highest BCUT2D eigenvalue weighted by Gasteiger charge is 2.36. The number of methoxy groups -OCH3 is 1. The van der Waals surface area contributed by atoms with Gasteiger partial charge in [0.15, 0.2) is 0 Å². The van der Waals surface area contributed by atoms with Gasteiger partial charge in [-0.1, -0.05) is 0 Å². The van der Waals surface area contributed by atoms with Crippen molar-refractivity contribution in [1.29, 1.82) is 0 Å². The molecule has 0 radical (unpaired) electrons. The Morgan fingerprint density at radius 3 is 2.40 bits per heavy atom. The number of anilines is 1. The Morgan fingerprint density at radius 1 is 1.16 bits per heavy atom. The van der Waals surface area contributed by atoms with E-state index in [1.165, 1.54) is 20.1 Å². The van der Waals surface area contributed by atoms with Gasteiger partial charge in [-0.05, 0) is 12.1 Å². The maximum absolute atomic E-state index is 13.2. The van der Waals surface area contributed by atoms with E-state index in [0.29, 0.717) is 37.3 Å². The Kier molecular flexibility index (Phi) is 4.40. The molecule has 0 bridgehead atoms. The Bertz CT molecular complexity index is 802. The fourth-order valence-electron chi connectivity index (χ4n) is 2.82. The van der Waals surface area contributed by atoms with Gasteiger partial charge in [-0.3, -0.25) is 4.79 Å². The van der Waals surface area contributed by atoms with Crippen LogP contribution in [0.1, 0.15) is 12.7 Å². The molecule has 3 rings (SSSR count). The van der Waals surface area contributed by atoms with E-state index in [0.717, 1.165) is 0 Å². The smallest absolute Gasteiger partial charge is 0.451 e. The van der Waals surface area contributed by atoms with Crippen LogP contribution in [0.2, 0.25) is 0 Å². The van der Waals surface area contributed by atoms with Gasteiger partial charge in [0.1, 0.15) is 11.6 Å². The summed E-state index contributed by atoms with van der Waals surface area (Å²) in [6.45, 7) is 3.19. The normalized spacial score (nSPS) is 15.6. The van der Waals surface area contributed by atoms with Gasteiger partial charge in [-0.15, -0.1) is 0 Å². The van der Waals surface area contributed by atoms with Crippen LogP contribution in [-0.4, -0.2) is 54.1 Å². The van der Waals surface area contributed by atoms with Crippen molar-refractivity contribution in [3.8, 4) is 5.75 Å². The van der Waals surface area contributed by atoms with Crippen LogP contribution in [0, 0.1) is 0 Å². The first-order chi connectivity index (χ1) is 11.8. The van der Waals surface area contributed by atoms with Crippen LogP contribution in [0.3, 0.4) is 0 Å². The molecule has 0 N–H and O–H groups in total. The molecular formula is C16H17F3N4O2. The highest BCUT2D eigenvalue weighted by Crippen LogP contribution is 2.33. The van der Waals surface area contributed by atoms with Crippen LogP contribution in [0.15, 0.2) is 18.2 Å². The fourth-order valence-corrected chi connectivity index (χ4v) is 2.82. The topological polar surface area (TPSA) is 58.6 Å². The third-order valence-electron chi connectivity index (χ3n) is 4.16. The summed E-state index contributed by atoms with van der Waals surface area (Å²) >= 11 is 0.